The Bertz CT molecular complexity index is 1330. The van der Waals surface area contributed by atoms with E-state index in [1.54, 1.807) is 0 Å². The Morgan fingerprint density at radius 1 is 1.10 bits per heavy atom. The lowest BCUT2D eigenvalue weighted by Gasteiger charge is -2.38. The lowest BCUT2D eigenvalue weighted by atomic mass is 10.0. The van der Waals surface area contributed by atoms with Crippen molar-refractivity contribution in [2.75, 3.05) is 36.0 Å². The molecule has 2 fully saturated rings. The first-order valence-corrected chi connectivity index (χ1v) is 12.7. The van der Waals surface area contributed by atoms with E-state index in [1.165, 1.54) is 30.0 Å². The summed E-state index contributed by atoms with van der Waals surface area (Å²) in [5.41, 5.74) is -1.02. The zero-order valence-electron chi connectivity index (χ0n) is 20.2. The molecule has 0 radical (unpaired) electrons. The smallest absolute Gasteiger partial charge is 0.417 e. The van der Waals surface area contributed by atoms with Crippen LogP contribution in [0.1, 0.15) is 18.1 Å². The van der Waals surface area contributed by atoms with Crippen molar-refractivity contribution >= 4 is 70.1 Å². The fourth-order valence-electron chi connectivity index (χ4n) is 4.29. The van der Waals surface area contributed by atoms with Crippen LogP contribution < -0.4 is 15.1 Å². The summed E-state index contributed by atoms with van der Waals surface area (Å²) in [7, 11) is 0. The molecule has 0 spiro atoms. The fraction of sp³-hybridized carbons (Fsp3) is 0.333. The minimum absolute atomic E-state index is 0.0133. The number of nitrogens with one attached hydrogen (secondary N) is 1. The SMILES string of the molecule is CCOC(=O)C1CN(c2cc(Cl)c(N3CCNC3=O)c(Cl)c2)C(=O)N(Cc2cccc(C(F)(F)F)c2Cl)C1=O. The van der Waals surface area contributed by atoms with Gasteiger partial charge in [0.2, 0.25) is 5.91 Å². The van der Waals surface area contributed by atoms with Gasteiger partial charge in [0.25, 0.3) is 0 Å². The van der Waals surface area contributed by atoms with Gasteiger partial charge < -0.3 is 10.1 Å². The third-order valence-corrected chi connectivity index (χ3v) is 7.14. The largest absolute Gasteiger partial charge is 0.465 e. The molecule has 5 amide bonds. The minimum Gasteiger partial charge on any atom is -0.465 e. The second kappa shape index (κ2) is 11.1. The van der Waals surface area contributed by atoms with E-state index >= 15 is 0 Å². The number of nitrogens with zero attached hydrogens (tertiary/aromatic N) is 3. The standard InChI is InChI=1S/C24H20Cl3F3N4O5/c1-2-39-21(36)14-11-33(13-8-16(25)19(17(26)9-13)32-7-6-31-22(32)37)23(38)34(20(14)35)10-12-4-3-5-15(18(12)27)24(28,29)30/h3-5,8-9,14H,2,6-7,10-11H2,1H3,(H,31,37). The average Bonchev–Trinajstić information content (AvgIpc) is 3.27. The van der Waals surface area contributed by atoms with E-state index in [-0.39, 0.29) is 33.6 Å². The van der Waals surface area contributed by atoms with Crippen LogP contribution in [0.15, 0.2) is 30.3 Å². The number of imide groups is 1. The maximum Gasteiger partial charge on any atom is 0.417 e. The van der Waals surface area contributed by atoms with Crippen molar-refractivity contribution in [1.82, 2.24) is 10.2 Å². The molecule has 1 N–H and O–H groups in total. The molecule has 1 atom stereocenters. The summed E-state index contributed by atoms with van der Waals surface area (Å²) < 4.78 is 45.2. The number of carbonyl (C=O) groups excluding carboxylic acids is 4. The highest BCUT2D eigenvalue weighted by atomic mass is 35.5. The molecule has 4 rings (SSSR count). The monoisotopic (exact) mass is 606 g/mol. The lowest BCUT2D eigenvalue weighted by molar-refractivity contribution is -0.154. The Hall–Kier alpha value is -3.22. The van der Waals surface area contributed by atoms with Crippen molar-refractivity contribution in [2.24, 2.45) is 5.92 Å². The van der Waals surface area contributed by atoms with Crippen LogP contribution >= 0.6 is 34.8 Å². The van der Waals surface area contributed by atoms with Crippen LogP contribution in [0.2, 0.25) is 15.1 Å². The molecule has 2 heterocycles. The molecule has 208 valence electrons. The van der Waals surface area contributed by atoms with Gasteiger partial charge in [-0.2, -0.15) is 13.2 Å². The van der Waals surface area contributed by atoms with Crippen molar-refractivity contribution in [3.8, 4) is 0 Å². The van der Waals surface area contributed by atoms with Gasteiger partial charge in [-0.25, -0.2) is 9.59 Å². The number of benzene rings is 2. The topological polar surface area (TPSA) is 99.3 Å². The number of hydrogen-bond donors (Lipinski definition) is 1. The number of rotatable bonds is 6. The maximum atomic E-state index is 13.5. The highest BCUT2D eigenvalue weighted by Gasteiger charge is 2.45. The van der Waals surface area contributed by atoms with Gasteiger partial charge in [0.15, 0.2) is 5.92 Å². The molecule has 0 aromatic heterocycles. The van der Waals surface area contributed by atoms with Gasteiger partial charge in [-0.1, -0.05) is 46.9 Å². The number of carbonyl (C=O) groups is 4. The van der Waals surface area contributed by atoms with E-state index in [1.807, 2.05) is 0 Å². The number of ether oxygens (including phenoxy) is 1. The Morgan fingerprint density at radius 2 is 1.77 bits per heavy atom. The summed E-state index contributed by atoms with van der Waals surface area (Å²) in [6, 6.07) is 4.40. The summed E-state index contributed by atoms with van der Waals surface area (Å²) in [6.07, 6.45) is -4.77. The molecule has 2 aromatic rings. The first-order chi connectivity index (χ1) is 18.3. The molecule has 2 saturated heterocycles. The molecule has 0 saturated carbocycles. The molecule has 1 unspecified atom stereocenters. The number of esters is 1. The van der Waals surface area contributed by atoms with Crippen LogP contribution in [0.4, 0.5) is 34.1 Å². The Labute approximate surface area is 235 Å². The molecular weight excluding hydrogens is 588 g/mol. The number of hydrogen-bond acceptors (Lipinski definition) is 5. The number of anilines is 2. The lowest BCUT2D eigenvalue weighted by Crippen LogP contribution is -2.58. The highest BCUT2D eigenvalue weighted by Crippen LogP contribution is 2.40. The maximum absolute atomic E-state index is 13.5. The number of halogens is 6. The van der Waals surface area contributed by atoms with E-state index in [2.05, 4.69) is 5.32 Å². The third kappa shape index (κ3) is 5.59. The normalized spacial score (nSPS) is 18.1. The van der Waals surface area contributed by atoms with Gasteiger partial charge in [-0.05, 0) is 30.7 Å². The molecule has 2 aromatic carbocycles. The van der Waals surface area contributed by atoms with Gasteiger partial charge in [0.05, 0.1) is 46.0 Å². The van der Waals surface area contributed by atoms with Gasteiger partial charge in [0, 0.05) is 18.8 Å². The average molecular weight is 608 g/mol. The highest BCUT2D eigenvalue weighted by molar-refractivity contribution is 6.40. The summed E-state index contributed by atoms with van der Waals surface area (Å²) in [5.74, 6) is -3.39. The third-order valence-electron chi connectivity index (χ3n) is 6.11. The Morgan fingerprint density at radius 3 is 2.33 bits per heavy atom. The van der Waals surface area contributed by atoms with Crippen LogP contribution in [-0.4, -0.2) is 55.1 Å². The summed E-state index contributed by atoms with van der Waals surface area (Å²) >= 11 is 18.9. The van der Waals surface area contributed by atoms with E-state index in [4.69, 9.17) is 39.5 Å². The van der Waals surface area contributed by atoms with Gasteiger partial charge in [0.1, 0.15) is 0 Å². The zero-order chi connectivity index (χ0) is 28.6. The number of amides is 5. The van der Waals surface area contributed by atoms with E-state index in [0.717, 1.165) is 17.0 Å². The molecule has 9 nitrogen and oxygen atoms in total. The molecule has 15 heteroatoms. The number of urea groups is 2. The van der Waals surface area contributed by atoms with Crippen molar-refractivity contribution in [3.05, 3.63) is 56.5 Å². The first kappa shape index (κ1) is 28.8. The summed E-state index contributed by atoms with van der Waals surface area (Å²) in [6.45, 7) is 1.04. The van der Waals surface area contributed by atoms with Crippen LogP contribution in [0.3, 0.4) is 0 Å². The van der Waals surface area contributed by atoms with Crippen molar-refractivity contribution in [1.29, 1.82) is 0 Å². The van der Waals surface area contributed by atoms with Crippen LogP contribution in [0, 0.1) is 5.92 Å². The Kier molecular flexibility index (Phi) is 8.20. The predicted molar refractivity (Wildman–Crippen MR) is 137 cm³/mol. The molecule has 0 aliphatic carbocycles. The second-order valence-electron chi connectivity index (χ2n) is 8.54. The van der Waals surface area contributed by atoms with Crippen LogP contribution in [0.5, 0.6) is 0 Å². The molecule has 2 aliphatic heterocycles. The van der Waals surface area contributed by atoms with Crippen molar-refractivity contribution in [2.45, 2.75) is 19.6 Å². The fourth-order valence-corrected chi connectivity index (χ4v) is 5.26. The van der Waals surface area contributed by atoms with Crippen molar-refractivity contribution < 1.29 is 37.1 Å². The molecule has 2 aliphatic rings. The molecular formula is C24H20Cl3F3N4O5. The van der Waals surface area contributed by atoms with E-state index in [9.17, 15) is 32.3 Å². The quantitative estimate of drug-likeness (QED) is 0.353. The van der Waals surface area contributed by atoms with E-state index < -0.39 is 59.7 Å². The summed E-state index contributed by atoms with van der Waals surface area (Å²) in [4.78, 5) is 54.5. The van der Waals surface area contributed by atoms with E-state index in [0.29, 0.717) is 18.0 Å². The Balaban J connectivity index is 1.74. The predicted octanol–water partition coefficient (Wildman–Crippen LogP) is 5.34. The van der Waals surface area contributed by atoms with Crippen molar-refractivity contribution in [3.63, 3.8) is 0 Å². The summed E-state index contributed by atoms with van der Waals surface area (Å²) in [5, 5.41) is 1.96. The van der Waals surface area contributed by atoms with Crippen LogP contribution in [0.25, 0.3) is 0 Å². The first-order valence-electron chi connectivity index (χ1n) is 11.5. The van der Waals surface area contributed by atoms with Gasteiger partial charge >= 0.3 is 24.2 Å². The minimum atomic E-state index is -4.77. The van der Waals surface area contributed by atoms with Gasteiger partial charge in [-0.3, -0.25) is 24.3 Å². The number of alkyl halides is 3. The van der Waals surface area contributed by atoms with Crippen LogP contribution in [-0.2, 0) is 27.0 Å². The molecule has 39 heavy (non-hydrogen) atoms. The molecule has 0 bridgehead atoms. The second-order valence-corrected chi connectivity index (χ2v) is 9.73. The zero-order valence-corrected chi connectivity index (χ0v) is 22.4. The van der Waals surface area contributed by atoms with Gasteiger partial charge in [-0.15, -0.1) is 0 Å².